The fourth-order valence-electron chi connectivity index (χ4n) is 2.44. The van der Waals surface area contributed by atoms with Gasteiger partial charge in [0.15, 0.2) is 12.4 Å². The molecular weight excluding hydrogens is 330 g/mol. The first-order valence-electron chi connectivity index (χ1n) is 9.68. The topological polar surface area (TPSA) is 56.5 Å². The Bertz CT molecular complexity index is 528. The number of hydrogen-bond donors (Lipinski definition) is 0. The SMILES string of the molecule is CCCCCCOC(=O)/C=C\C(=O)OCCCCCC[n+]1ccccc1. The van der Waals surface area contributed by atoms with E-state index in [1.54, 1.807) is 0 Å². The van der Waals surface area contributed by atoms with Crippen molar-refractivity contribution < 1.29 is 23.6 Å². The van der Waals surface area contributed by atoms with Crippen LogP contribution < -0.4 is 4.57 Å². The Labute approximate surface area is 157 Å². The second-order valence-electron chi connectivity index (χ2n) is 6.26. The maximum Gasteiger partial charge on any atom is 0.331 e. The maximum absolute atomic E-state index is 11.5. The number of aromatic nitrogens is 1. The number of nitrogens with zero attached hydrogens (tertiary/aromatic N) is 1. The van der Waals surface area contributed by atoms with Crippen LogP contribution in [0.1, 0.15) is 58.3 Å². The van der Waals surface area contributed by atoms with Crippen molar-refractivity contribution in [1.82, 2.24) is 0 Å². The van der Waals surface area contributed by atoms with E-state index in [-0.39, 0.29) is 0 Å². The molecule has 0 aromatic carbocycles. The normalized spacial score (nSPS) is 10.8. The van der Waals surface area contributed by atoms with Crippen molar-refractivity contribution in [3.63, 3.8) is 0 Å². The molecule has 0 amide bonds. The number of pyridine rings is 1. The number of hydrogen-bond acceptors (Lipinski definition) is 4. The quantitative estimate of drug-likeness (QED) is 0.219. The molecule has 0 N–H and O–H groups in total. The zero-order chi connectivity index (χ0) is 18.9. The van der Waals surface area contributed by atoms with Gasteiger partial charge in [-0.25, -0.2) is 14.2 Å². The predicted octanol–water partition coefficient (Wildman–Crippen LogP) is 3.76. The average Bonchev–Trinajstić information content (AvgIpc) is 2.66. The van der Waals surface area contributed by atoms with Crippen molar-refractivity contribution in [3.8, 4) is 0 Å². The molecule has 144 valence electrons. The lowest BCUT2D eigenvalue weighted by Gasteiger charge is -2.02. The smallest absolute Gasteiger partial charge is 0.331 e. The van der Waals surface area contributed by atoms with Gasteiger partial charge < -0.3 is 9.47 Å². The van der Waals surface area contributed by atoms with Gasteiger partial charge in [-0.1, -0.05) is 32.3 Å². The second-order valence-corrected chi connectivity index (χ2v) is 6.26. The minimum absolute atomic E-state index is 0.383. The van der Waals surface area contributed by atoms with Crippen LogP contribution in [0.3, 0.4) is 0 Å². The molecule has 1 aromatic heterocycles. The Hall–Kier alpha value is -2.17. The third-order valence-electron chi connectivity index (χ3n) is 3.93. The average molecular weight is 362 g/mol. The van der Waals surface area contributed by atoms with Gasteiger partial charge in [-0.15, -0.1) is 0 Å². The van der Waals surface area contributed by atoms with Crippen molar-refractivity contribution in [1.29, 1.82) is 0 Å². The van der Waals surface area contributed by atoms with Gasteiger partial charge in [0.1, 0.15) is 6.54 Å². The summed E-state index contributed by atoms with van der Waals surface area (Å²) < 4.78 is 12.2. The van der Waals surface area contributed by atoms with Crippen LogP contribution in [0, 0.1) is 0 Å². The first kappa shape index (κ1) is 21.9. The molecule has 26 heavy (non-hydrogen) atoms. The lowest BCUT2D eigenvalue weighted by atomic mass is 10.2. The highest BCUT2D eigenvalue weighted by Gasteiger charge is 2.02. The zero-order valence-corrected chi connectivity index (χ0v) is 15.9. The van der Waals surface area contributed by atoms with Crippen LogP contribution in [-0.4, -0.2) is 25.2 Å². The predicted molar refractivity (Wildman–Crippen MR) is 100 cm³/mol. The molecule has 0 aliphatic rings. The van der Waals surface area contributed by atoms with E-state index in [1.807, 2.05) is 18.2 Å². The van der Waals surface area contributed by atoms with Crippen LogP contribution in [0.15, 0.2) is 42.7 Å². The minimum Gasteiger partial charge on any atom is -0.463 e. The van der Waals surface area contributed by atoms with Gasteiger partial charge in [-0.3, -0.25) is 0 Å². The molecule has 5 heteroatoms. The highest BCUT2D eigenvalue weighted by atomic mass is 16.5. The Balaban J connectivity index is 1.96. The van der Waals surface area contributed by atoms with Crippen LogP contribution >= 0.6 is 0 Å². The van der Waals surface area contributed by atoms with E-state index in [4.69, 9.17) is 9.47 Å². The molecule has 5 nitrogen and oxygen atoms in total. The number of esters is 2. The number of carbonyl (C=O) groups is 2. The summed E-state index contributed by atoms with van der Waals surface area (Å²) in [5, 5.41) is 0. The highest BCUT2D eigenvalue weighted by Crippen LogP contribution is 2.01. The third kappa shape index (κ3) is 12.2. The van der Waals surface area contributed by atoms with Gasteiger partial charge >= 0.3 is 11.9 Å². The largest absolute Gasteiger partial charge is 0.463 e. The van der Waals surface area contributed by atoms with Crippen molar-refractivity contribution >= 4 is 11.9 Å². The van der Waals surface area contributed by atoms with E-state index >= 15 is 0 Å². The molecule has 0 aliphatic carbocycles. The maximum atomic E-state index is 11.5. The van der Waals surface area contributed by atoms with Gasteiger partial charge in [-0.2, -0.15) is 0 Å². The standard InChI is InChI=1S/C21H32NO4/c1-2-3-4-11-18-25-20(23)13-14-21(24)26-19-12-6-5-8-15-22-16-9-7-10-17-22/h7,9-10,13-14,16-17H,2-6,8,11-12,15,18-19H2,1H3/q+1/b14-13-. The Kier molecular flexibility index (Phi) is 12.7. The van der Waals surface area contributed by atoms with Crippen LogP contribution in [0.2, 0.25) is 0 Å². The highest BCUT2D eigenvalue weighted by molar-refractivity contribution is 5.91. The summed E-state index contributed by atoms with van der Waals surface area (Å²) in [5.74, 6) is -0.982. The molecule has 0 radical (unpaired) electrons. The molecule has 1 rings (SSSR count). The Morgan fingerprint density at radius 1 is 0.769 bits per heavy atom. The number of unbranched alkanes of at least 4 members (excludes halogenated alkanes) is 6. The second kappa shape index (κ2) is 15.1. The summed E-state index contributed by atoms with van der Waals surface area (Å²) in [6, 6.07) is 6.05. The van der Waals surface area contributed by atoms with Crippen molar-refractivity contribution in [3.05, 3.63) is 42.7 Å². The molecule has 0 fully saturated rings. The van der Waals surface area contributed by atoms with Crippen molar-refractivity contribution in [2.75, 3.05) is 13.2 Å². The van der Waals surface area contributed by atoms with E-state index in [0.717, 1.165) is 70.1 Å². The van der Waals surface area contributed by atoms with Crippen molar-refractivity contribution in [2.45, 2.75) is 64.8 Å². The van der Waals surface area contributed by atoms with Gasteiger partial charge in [0.2, 0.25) is 0 Å². The van der Waals surface area contributed by atoms with Gasteiger partial charge in [0, 0.05) is 30.7 Å². The Morgan fingerprint density at radius 3 is 1.88 bits per heavy atom. The van der Waals surface area contributed by atoms with Gasteiger partial charge in [-0.05, 0) is 25.7 Å². The van der Waals surface area contributed by atoms with E-state index in [9.17, 15) is 9.59 Å². The molecule has 0 saturated heterocycles. The molecular formula is C21H32NO4+. The van der Waals surface area contributed by atoms with E-state index < -0.39 is 11.9 Å². The fourth-order valence-corrected chi connectivity index (χ4v) is 2.44. The lowest BCUT2D eigenvalue weighted by Crippen LogP contribution is -2.32. The fraction of sp³-hybridized carbons (Fsp3) is 0.571. The Morgan fingerprint density at radius 2 is 1.31 bits per heavy atom. The molecule has 0 aliphatic heterocycles. The van der Waals surface area contributed by atoms with Crippen LogP contribution in [0.25, 0.3) is 0 Å². The molecule has 1 heterocycles. The van der Waals surface area contributed by atoms with Crippen LogP contribution in [0.4, 0.5) is 0 Å². The number of ether oxygens (including phenoxy) is 2. The van der Waals surface area contributed by atoms with Crippen LogP contribution in [0.5, 0.6) is 0 Å². The summed E-state index contributed by atoms with van der Waals surface area (Å²) in [5.41, 5.74) is 0. The molecule has 1 aromatic rings. The molecule has 0 atom stereocenters. The summed E-state index contributed by atoms with van der Waals surface area (Å²) in [6.45, 7) is 3.92. The van der Waals surface area contributed by atoms with E-state index in [2.05, 4.69) is 23.9 Å². The summed E-state index contributed by atoms with van der Waals surface area (Å²) in [7, 11) is 0. The number of aryl methyl sites for hydroxylation is 1. The first-order valence-corrected chi connectivity index (χ1v) is 9.68. The van der Waals surface area contributed by atoms with E-state index in [1.165, 1.54) is 0 Å². The molecule has 0 spiro atoms. The van der Waals surface area contributed by atoms with Gasteiger partial charge in [0.05, 0.1) is 13.2 Å². The zero-order valence-electron chi connectivity index (χ0n) is 15.9. The summed E-state index contributed by atoms with van der Waals surface area (Å²) in [6.07, 6.45) is 14.7. The third-order valence-corrected chi connectivity index (χ3v) is 3.93. The number of carbonyl (C=O) groups excluding carboxylic acids is 2. The first-order chi connectivity index (χ1) is 12.7. The molecule has 0 saturated carbocycles. The summed E-state index contributed by atoms with van der Waals surface area (Å²) >= 11 is 0. The lowest BCUT2D eigenvalue weighted by molar-refractivity contribution is -0.697. The minimum atomic E-state index is -0.493. The number of rotatable bonds is 14. The van der Waals surface area contributed by atoms with Crippen LogP contribution in [-0.2, 0) is 25.6 Å². The monoisotopic (exact) mass is 362 g/mol. The molecule has 0 unspecified atom stereocenters. The van der Waals surface area contributed by atoms with Gasteiger partial charge in [0.25, 0.3) is 0 Å². The van der Waals surface area contributed by atoms with E-state index in [0.29, 0.717) is 13.2 Å². The van der Waals surface area contributed by atoms with Crippen molar-refractivity contribution in [2.24, 2.45) is 0 Å². The molecule has 0 bridgehead atoms. The summed E-state index contributed by atoms with van der Waals surface area (Å²) in [4.78, 5) is 22.9.